The van der Waals surface area contributed by atoms with Gasteiger partial charge in [0.1, 0.15) is 10.9 Å². The number of benzene rings is 2. The van der Waals surface area contributed by atoms with Gasteiger partial charge >= 0.3 is 0 Å². The highest BCUT2D eigenvalue weighted by atomic mass is 32.2. The van der Waals surface area contributed by atoms with E-state index in [9.17, 15) is 4.79 Å². The highest BCUT2D eigenvalue weighted by molar-refractivity contribution is 8.00. The van der Waals surface area contributed by atoms with Gasteiger partial charge in [-0.1, -0.05) is 30.0 Å². The van der Waals surface area contributed by atoms with Crippen molar-refractivity contribution in [3.63, 3.8) is 0 Å². The van der Waals surface area contributed by atoms with Crippen LogP contribution in [0.5, 0.6) is 11.5 Å². The van der Waals surface area contributed by atoms with E-state index >= 15 is 0 Å². The summed E-state index contributed by atoms with van der Waals surface area (Å²) in [6.45, 7) is 2.06. The van der Waals surface area contributed by atoms with Crippen LogP contribution in [0.4, 0.5) is 0 Å². The fourth-order valence-electron chi connectivity index (χ4n) is 2.56. The van der Waals surface area contributed by atoms with Crippen LogP contribution < -0.4 is 9.47 Å². The first-order chi connectivity index (χ1) is 11.7. The highest BCUT2D eigenvalue weighted by Crippen LogP contribution is 2.33. The number of rotatable bonds is 4. The molecule has 1 aliphatic rings. The van der Waals surface area contributed by atoms with Crippen molar-refractivity contribution >= 4 is 28.4 Å². The molecule has 0 radical (unpaired) electrons. The molecule has 0 aliphatic carbocycles. The molecule has 0 N–H and O–H groups in total. The van der Waals surface area contributed by atoms with Gasteiger partial charge in [-0.05, 0) is 31.2 Å². The maximum Gasteiger partial charge on any atom is 0.231 e. The first-order valence-electron chi connectivity index (χ1n) is 7.50. The first-order valence-corrected chi connectivity index (χ1v) is 8.48. The second-order valence-corrected chi connectivity index (χ2v) is 6.34. The standard InChI is InChI=1S/C18H14N2O3S/c1-11-19-14-5-3-2-4-13(14)18(20-11)24-9-15(21)12-6-7-16-17(8-12)23-10-22-16/h2-8H,9-10H2,1H3. The molecular formula is C18H14N2O3S. The molecule has 1 aliphatic heterocycles. The Hall–Kier alpha value is -2.60. The number of carbonyl (C=O) groups excluding carboxylic acids is 1. The fraction of sp³-hybridized carbons (Fsp3) is 0.167. The number of carbonyl (C=O) groups is 1. The number of para-hydroxylation sites is 1. The van der Waals surface area contributed by atoms with E-state index in [1.165, 1.54) is 11.8 Å². The van der Waals surface area contributed by atoms with Gasteiger partial charge in [-0.2, -0.15) is 0 Å². The molecule has 0 fully saturated rings. The van der Waals surface area contributed by atoms with Gasteiger partial charge in [0.05, 0.1) is 11.3 Å². The van der Waals surface area contributed by atoms with Gasteiger partial charge in [-0.15, -0.1) is 0 Å². The Morgan fingerprint density at radius 1 is 1.12 bits per heavy atom. The number of ether oxygens (including phenoxy) is 2. The molecule has 1 aromatic heterocycles. The van der Waals surface area contributed by atoms with Crippen molar-refractivity contribution in [2.24, 2.45) is 0 Å². The molecule has 24 heavy (non-hydrogen) atoms. The summed E-state index contributed by atoms with van der Waals surface area (Å²) in [7, 11) is 0. The van der Waals surface area contributed by atoms with Crippen LogP contribution in [-0.2, 0) is 0 Å². The molecule has 0 spiro atoms. The van der Waals surface area contributed by atoms with Crippen molar-refractivity contribution in [2.45, 2.75) is 11.9 Å². The Balaban J connectivity index is 1.56. The van der Waals surface area contributed by atoms with Crippen molar-refractivity contribution in [2.75, 3.05) is 12.5 Å². The van der Waals surface area contributed by atoms with Crippen LogP contribution in [0.15, 0.2) is 47.5 Å². The fourth-order valence-corrected chi connectivity index (χ4v) is 3.51. The number of ketones is 1. The molecule has 6 heteroatoms. The smallest absolute Gasteiger partial charge is 0.231 e. The van der Waals surface area contributed by atoms with E-state index in [0.29, 0.717) is 28.6 Å². The second kappa shape index (κ2) is 6.13. The molecule has 5 nitrogen and oxygen atoms in total. The summed E-state index contributed by atoms with van der Waals surface area (Å²) in [5, 5.41) is 1.79. The average molecular weight is 338 g/mol. The predicted octanol–water partition coefficient (Wildman–Crippen LogP) is 3.64. The zero-order valence-electron chi connectivity index (χ0n) is 13.0. The van der Waals surface area contributed by atoms with Crippen LogP contribution >= 0.6 is 11.8 Å². The Labute approximate surface area is 143 Å². The second-order valence-electron chi connectivity index (χ2n) is 5.37. The Kier molecular flexibility index (Phi) is 3.82. The molecular weight excluding hydrogens is 324 g/mol. The maximum absolute atomic E-state index is 12.5. The Morgan fingerprint density at radius 3 is 2.88 bits per heavy atom. The SMILES string of the molecule is Cc1nc(SCC(=O)c2ccc3c(c2)OCO3)c2ccccc2n1. The van der Waals surface area contributed by atoms with E-state index in [0.717, 1.165) is 15.9 Å². The number of aryl methyl sites for hydroxylation is 1. The molecule has 4 rings (SSSR count). The highest BCUT2D eigenvalue weighted by Gasteiger charge is 2.17. The van der Waals surface area contributed by atoms with Crippen LogP contribution in [0.25, 0.3) is 10.9 Å². The zero-order valence-corrected chi connectivity index (χ0v) is 13.8. The summed E-state index contributed by atoms with van der Waals surface area (Å²) in [6, 6.07) is 13.1. The quantitative estimate of drug-likeness (QED) is 0.411. The molecule has 0 saturated heterocycles. The molecule has 2 aromatic carbocycles. The summed E-state index contributed by atoms with van der Waals surface area (Å²) >= 11 is 1.43. The lowest BCUT2D eigenvalue weighted by atomic mass is 10.1. The van der Waals surface area contributed by atoms with Gasteiger partial charge in [0.2, 0.25) is 6.79 Å². The van der Waals surface area contributed by atoms with E-state index in [4.69, 9.17) is 9.47 Å². The normalized spacial score (nSPS) is 12.5. The lowest BCUT2D eigenvalue weighted by molar-refractivity contribution is 0.102. The average Bonchev–Trinajstić information content (AvgIpc) is 3.06. The molecule has 2 heterocycles. The van der Waals surface area contributed by atoms with Gasteiger partial charge in [0.15, 0.2) is 17.3 Å². The van der Waals surface area contributed by atoms with E-state index in [-0.39, 0.29) is 12.6 Å². The number of aromatic nitrogens is 2. The van der Waals surface area contributed by atoms with Crippen molar-refractivity contribution in [1.29, 1.82) is 0 Å². The number of Topliss-reactive ketones (excluding diaryl/α,β-unsaturated/α-hetero) is 1. The van der Waals surface area contributed by atoms with E-state index in [2.05, 4.69) is 9.97 Å². The summed E-state index contributed by atoms with van der Waals surface area (Å²) < 4.78 is 10.6. The Morgan fingerprint density at radius 2 is 1.96 bits per heavy atom. The monoisotopic (exact) mass is 338 g/mol. The number of fused-ring (bicyclic) bond motifs is 2. The topological polar surface area (TPSA) is 61.3 Å². The first kappa shape index (κ1) is 15.0. The summed E-state index contributed by atoms with van der Waals surface area (Å²) in [5.74, 6) is 2.33. The third-order valence-corrected chi connectivity index (χ3v) is 4.71. The summed E-state index contributed by atoms with van der Waals surface area (Å²) in [6.07, 6.45) is 0. The van der Waals surface area contributed by atoms with E-state index in [1.807, 2.05) is 31.2 Å². The zero-order chi connectivity index (χ0) is 16.5. The van der Waals surface area contributed by atoms with Gasteiger partial charge in [0, 0.05) is 10.9 Å². The number of hydrogen-bond acceptors (Lipinski definition) is 6. The van der Waals surface area contributed by atoms with Crippen LogP contribution in [0.1, 0.15) is 16.2 Å². The van der Waals surface area contributed by atoms with Crippen LogP contribution in [0.2, 0.25) is 0 Å². The predicted molar refractivity (Wildman–Crippen MR) is 91.9 cm³/mol. The van der Waals surface area contributed by atoms with Crippen LogP contribution in [-0.4, -0.2) is 28.3 Å². The Bertz CT molecular complexity index is 943. The summed E-state index contributed by atoms with van der Waals surface area (Å²) in [5.41, 5.74) is 1.50. The minimum atomic E-state index is 0.0265. The van der Waals surface area contributed by atoms with Crippen LogP contribution in [0, 0.1) is 6.92 Å². The molecule has 0 atom stereocenters. The molecule has 0 amide bonds. The molecule has 0 saturated carbocycles. The minimum Gasteiger partial charge on any atom is -0.454 e. The van der Waals surface area contributed by atoms with Gasteiger partial charge in [0.25, 0.3) is 0 Å². The number of nitrogens with zero attached hydrogens (tertiary/aromatic N) is 2. The number of thioether (sulfide) groups is 1. The van der Waals surface area contributed by atoms with Crippen molar-refractivity contribution in [3.05, 3.63) is 53.9 Å². The molecule has 3 aromatic rings. The molecule has 0 unspecified atom stereocenters. The molecule has 0 bridgehead atoms. The van der Waals surface area contributed by atoms with Gasteiger partial charge < -0.3 is 9.47 Å². The minimum absolute atomic E-state index is 0.0265. The third-order valence-electron chi connectivity index (χ3n) is 3.71. The lowest BCUT2D eigenvalue weighted by Gasteiger charge is -2.06. The van der Waals surface area contributed by atoms with Gasteiger partial charge in [-0.3, -0.25) is 4.79 Å². The third kappa shape index (κ3) is 2.80. The van der Waals surface area contributed by atoms with Crippen molar-refractivity contribution in [3.8, 4) is 11.5 Å². The molecule has 120 valence electrons. The van der Waals surface area contributed by atoms with E-state index in [1.54, 1.807) is 18.2 Å². The van der Waals surface area contributed by atoms with E-state index < -0.39 is 0 Å². The van der Waals surface area contributed by atoms with Crippen molar-refractivity contribution in [1.82, 2.24) is 9.97 Å². The maximum atomic E-state index is 12.5. The number of hydrogen-bond donors (Lipinski definition) is 0. The van der Waals surface area contributed by atoms with Crippen molar-refractivity contribution < 1.29 is 14.3 Å². The summed E-state index contributed by atoms with van der Waals surface area (Å²) in [4.78, 5) is 21.4. The van der Waals surface area contributed by atoms with Crippen LogP contribution in [0.3, 0.4) is 0 Å². The van der Waals surface area contributed by atoms with Gasteiger partial charge in [-0.25, -0.2) is 9.97 Å². The largest absolute Gasteiger partial charge is 0.454 e. The lowest BCUT2D eigenvalue weighted by Crippen LogP contribution is -2.03.